The van der Waals surface area contributed by atoms with E-state index in [1.807, 2.05) is 0 Å². The molecule has 1 heterocycles. The van der Waals surface area contributed by atoms with E-state index in [2.05, 4.69) is 44.8 Å². The lowest BCUT2D eigenvalue weighted by atomic mass is 9.88. The van der Waals surface area contributed by atoms with Crippen molar-refractivity contribution in [3.63, 3.8) is 0 Å². The Morgan fingerprint density at radius 3 is 2.47 bits per heavy atom. The van der Waals surface area contributed by atoms with Gasteiger partial charge in [0.2, 0.25) is 0 Å². The normalized spacial score (nSPS) is 32.1. The van der Waals surface area contributed by atoms with Crippen molar-refractivity contribution in [2.75, 3.05) is 13.1 Å². The molecule has 2 aliphatic rings. The third-order valence-electron chi connectivity index (χ3n) is 5.34. The molecule has 2 nitrogen and oxygen atoms in total. The molecule has 1 aliphatic carbocycles. The van der Waals surface area contributed by atoms with Gasteiger partial charge in [-0.15, -0.1) is 0 Å². The largest absolute Gasteiger partial charge is 0.312 e. The van der Waals surface area contributed by atoms with Gasteiger partial charge in [0.15, 0.2) is 0 Å². The van der Waals surface area contributed by atoms with Gasteiger partial charge in [-0.05, 0) is 78.3 Å². The summed E-state index contributed by atoms with van der Waals surface area (Å²) in [6, 6.07) is 1.63. The summed E-state index contributed by atoms with van der Waals surface area (Å²) in [7, 11) is 0. The molecule has 1 N–H and O–H groups in total. The Morgan fingerprint density at radius 1 is 1.11 bits per heavy atom. The Bertz CT molecular complexity index is 281. The average molecular weight is 266 g/mol. The first kappa shape index (κ1) is 15.3. The molecule has 4 unspecified atom stereocenters. The summed E-state index contributed by atoms with van der Waals surface area (Å²) in [5.41, 5.74) is 0.242. The van der Waals surface area contributed by atoms with Gasteiger partial charge in [0.1, 0.15) is 0 Å². The molecule has 1 saturated heterocycles. The molecule has 19 heavy (non-hydrogen) atoms. The summed E-state index contributed by atoms with van der Waals surface area (Å²) in [6.07, 6.45) is 7.32. The van der Waals surface area contributed by atoms with Crippen LogP contribution in [0.2, 0.25) is 0 Å². The fourth-order valence-corrected chi connectivity index (χ4v) is 3.96. The Balaban J connectivity index is 1.88. The lowest BCUT2D eigenvalue weighted by molar-refractivity contribution is 0.0499. The molecule has 2 heteroatoms. The monoisotopic (exact) mass is 266 g/mol. The summed E-state index contributed by atoms with van der Waals surface area (Å²) in [6.45, 7) is 14.1. The van der Waals surface area contributed by atoms with Crippen molar-refractivity contribution < 1.29 is 0 Å². The van der Waals surface area contributed by atoms with E-state index in [4.69, 9.17) is 0 Å². The highest BCUT2D eigenvalue weighted by Gasteiger charge is 2.38. The quantitative estimate of drug-likeness (QED) is 0.835. The van der Waals surface area contributed by atoms with Crippen molar-refractivity contribution in [3.05, 3.63) is 0 Å². The van der Waals surface area contributed by atoms with Crippen LogP contribution < -0.4 is 5.32 Å². The van der Waals surface area contributed by atoms with Crippen LogP contribution in [0.3, 0.4) is 0 Å². The number of nitrogens with zero attached hydrogens (tertiary/aromatic N) is 1. The summed E-state index contributed by atoms with van der Waals surface area (Å²) in [5, 5.41) is 3.67. The number of hydrogen-bond donors (Lipinski definition) is 1. The molecule has 0 bridgehead atoms. The van der Waals surface area contributed by atoms with Crippen LogP contribution in [0.1, 0.15) is 66.7 Å². The molecular formula is C17H34N2. The van der Waals surface area contributed by atoms with E-state index in [-0.39, 0.29) is 5.54 Å². The van der Waals surface area contributed by atoms with Crippen LogP contribution in [0.25, 0.3) is 0 Å². The van der Waals surface area contributed by atoms with E-state index in [0.717, 1.165) is 30.5 Å². The third kappa shape index (κ3) is 3.95. The zero-order chi connectivity index (χ0) is 14.0. The van der Waals surface area contributed by atoms with Crippen molar-refractivity contribution in [2.45, 2.75) is 84.3 Å². The molecule has 2 fully saturated rings. The highest BCUT2D eigenvalue weighted by Crippen LogP contribution is 2.38. The first-order chi connectivity index (χ1) is 8.88. The fourth-order valence-electron chi connectivity index (χ4n) is 3.96. The van der Waals surface area contributed by atoms with Crippen LogP contribution >= 0.6 is 0 Å². The SMILES string of the molecule is CC(CNC(C)(C)C)C(C)N1CCCC2CCCC21. The first-order valence-corrected chi connectivity index (χ1v) is 8.39. The second-order valence-electron chi connectivity index (χ2n) is 7.99. The zero-order valence-electron chi connectivity index (χ0n) is 13.7. The van der Waals surface area contributed by atoms with Gasteiger partial charge in [-0.1, -0.05) is 13.3 Å². The highest BCUT2D eigenvalue weighted by atomic mass is 15.2. The lowest BCUT2D eigenvalue weighted by Crippen LogP contribution is -2.52. The van der Waals surface area contributed by atoms with E-state index in [1.165, 1.54) is 38.6 Å². The number of nitrogens with one attached hydrogen (secondary N) is 1. The van der Waals surface area contributed by atoms with Crippen LogP contribution in [0.5, 0.6) is 0 Å². The van der Waals surface area contributed by atoms with Gasteiger partial charge >= 0.3 is 0 Å². The molecule has 0 radical (unpaired) electrons. The Kier molecular flexibility index (Phi) is 4.94. The number of piperidine rings is 1. The molecule has 0 aromatic heterocycles. The molecule has 112 valence electrons. The van der Waals surface area contributed by atoms with Gasteiger partial charge in [0, 0.05) is 17.6 Å². The number of likely N-dealkylation sites (tertiary alicyclic amines) is 1. The summed E-state index contributed by atoms with van der Waals surface area (Å²) < 4.78 is 0. The standard InChI is InChI=1S/C17H34N2/c1-13(12-18-17(3,4)5)14(2)19-11-7-9-15-8-6-10-16(15)19/h13-16,18H,6-12H2,1-5H3. The van der Waals surface area contributed by atoms with E-state index in [1.54, 1.807) is 0 Å². The molecule has 4 atom stereocenters. The van der Waals surface area contributed by atoms with Gasteiger partial charge in [0.05, 0.1) is 0 Å². The van der Waals surface area contributed by atoms with Crippen molar-refractivity contribution in [2.24, 2.45) is 11.8 Å². The Hall–Kier alpha value is -0.0800. The van der Waals surface area contributed by atoms with Gasteiger partial charge in [-0.3, -0.25) is 4.90 Å². The maximum Gasteiger partial charge on any atom is 0.0126 e. The van der Waals surface area contributed by atoms with Gasteiger partial charge in [-0.2, -0.15) is 0 Å². The third-order valence-corrected chi connectivity index (χ3v) is 5.34. The average Bonchev–Trinajstić information content (AvgIpc) is 2.82. The fraction of sp³-hybridized carbons (Fsp3) is 1.00. The Morgan fingerprint density at radius 2 is 1.79 bits per heavy atom. The minimum Gasteiger partial charge on any atom is -0.312 e. The van der Waals surface area contributed by atoms with Crippen molar-refractivity contribution in [1.82, 2.24) is 10.2 Å². The lowest BCUT2D eigenvalue weighted by Gasteiger charge is -2.44. The first-order valence-electron chi connectivity index (χ1n) is 8.39. The molecule has 0 aromatic carbocycles. The van der Waals surface area contributed by atoms with Crippen molar-refractivity contribution in [3.8, 4) is 0 Å². The smallest absolute Gasteiger partial charge is 0.0126 e. The molecule has 0 spiro atoms. The predicted molar refractivity (Wildman–Crippen MR) is 83.5 cm³/mol. The van der Waals surface area contributed by atoms with E-state index in [0.29, 0.717) is 0 Å². The van der Waals surface area contributed by atoms with Gasteiger partial charge in [0.25, 0.3) is 0 Å². The van der Waals surface area contributed by atoms with E-state index < -0.39 is 0 Å². The van der Waals surface area contributed by atoms with Crippen molar-refractivity contribution in [1.29, 1.82) is 0 Å². The van der Waals surface area contributed by atoms with Gasteiger partial charge < -0.3 is 5.32 Å². The molecule has 2 rings (SSSR count). The summed E-state index contributed by atoms with van der Waals surface area (Å²) in [5.74, 6) is 1.75. The molecule has 1 saturated carbocycles. The highest BCUT2D eigenvalue weighted by molar-refractivity contribution is 4.92. The maximum atomic E-state index is 3.67. The summed E-state index contributed by atoms with van der Waals surface area (Å²) in [4.78, 5) is 2.84. The van der Waals surface area contributed by atoms with Crippen LogP contribution in [-0.2, 0) is 0 Å². The number of hydrogen-bond acceptors (Lipinski definition) is 2. The second kappa shape index (κ2) is 6.13. The zero-order valence-corrected chi connectivity index (χ0v) is 13.7. The predicted octanol–water partition coefficient (Wildman–Crippen LogP) is 3.66. The maximum absolute atomic E-state index is 3.67. The van der Waals surface area contributed by atoms with Crippen LogP contribution in [0.15, 0.2) is 0 Å². The minimum absolute atomic E-state index is 0.242. The van der Waals surface area contributed by atoms with Gasteiger partial charge in [-0.25, -0.2) is 0 Å². The van der Waals surface area contributed by atoms with Crippen LogP contribution in [-0.4, -0.2) is 35.6 Å². The van der Waals surface area contributed by atoms with E-state index >= 15 is 0 Å². The molecule has 0 aromatic rings. The van der Waals surface area contributed by atoms with Crippen molar-refractivity contribution >= 4 is 0 Å². The topological polar surface area (TPSA) is 15.3 Å². The van der Waals surface area contributed by atoms with E-state index in [9.17, 15) is 0 Å². The minimum atomic E-state index is 0.242. The number of rotatable bonds is 4. The molecule has 1 aliphatic heterocycles. The second-order valence-corrected chi connectivity index (χ2v) is 7.99. The molecular weight excluding hydrogens is 232 g/mol. The van der Waals surface area contributed by atoms with Crippen LogP contribution in [0, 0.1) is 11.8 Å². The number of fused-ring (bicyclic) bond motifs is 1. The van der Waals surface area contributed by atoms with Crippen LogP contribution in [0.4, 0.5) is 0 Å². The molecule has 0 amide bonds. The summed E-state index contributed by atoms with van der Waals surface area (Å²) >= 11 is 0. The Labute approximate surface area is 120 Å².